The molecule has 1 amide bonds. The molecule has 0 atom stereocenters. The van der Waals surface area contributed by atoms with Crippen molar-refractivity contribution in [2.24, 2.45) is 0 Å². The van der Waals surface area contributed by atoms with Gasteiger partial charge < -0.3 is 10.4 Å². The molecular weight excluding hydrogens is 304 g/mol. The quantitative estimate of drug-likeness (QED) is 0.841. The van der Waals surface area contributed by atoms with Crippen molar-refractivity contribution in [3.8, 4) is 5.75 Å². The van der Waals surface area contributed by atoms with Crippen molar-refractivity contribution in [1.82, 2.24) is 0 Å². The standard InChI is InChI=1S/C14H10Cl2FNO2/c15-10-6-9(7-11(16)14(10)20)18-13(19)5-8-3-1-2-4-12(8)17/h1-4,6-7,20H,5H2,(H,18,19). The molecule has 0 heterocycles. The molecule has 104 valence electrons. The molecular formula is C14H10Cl2FNO2. The molecule has 6 heteroatoms. The fraction of sp³-hybridized carbons (Fsp3) is 0.0714. The predicted molar refractivity (Wildman–Crippen MR) is 76.9 cm³/mol. The molecule has 0 aromatic heterocycles. The van der Waals surface area contributed by atoms with Crippen LogP contribution in [0.25, 0.3) is 0 Å². The van der Waals surface area contributed by atoms with E-state index in [-0.39, 0.29) is 22.2 Å². The van der Waals surface area contributed by atoms with Crippen LogP contribution in [0.1, 0.15) is 5.56 Å². The number of aromatic hydroxyl groups is 1. The van der Waals surface area contributed by atoms with Crippen LogP contribution in [0.5, 0.6) is 5.75 Å². The average molecular weight is 314 g/mol. The normalized spacial score (nSPS) is 10.3. The number of phenolic OH excluding ortho intramolecular Hbond substituents is 1. The maximum absolute atomic E-state index is 13.4. The lowest BCUT2D eigenvalue weighted by molar-refractivity contribution is -0.115. The maximum atomic E-state index is 13.4. The number of carbonyl (C=O) groups excluding carboxylic acids is 1. The van der Waals surface area contributed by atoms with Crippen molar-refractivity contribution in [1.29, 1.82) is 0 Å². The second kappa shape index (κ2) is 6.11. The van der Waals surface area contributed by atoms with Gasteiger partial charge in [-0.2, -0.15) is 0 Å². The molecule has 0 saturated carbocycles. The van der Waals surface area contributed by atoms with Gasteiger partial charge in [0.15, 0.2) is 5.75 Å². The minimum atomic E-state index is -0.440. The monoisotopic (exact) mass is 313 g/mol. The van der Waals surface area contributed by atoms with Gasteiger partial charge in [-0.05, 0) is 23.8 Å². The number of carbonyl (C=O) groups is 1. The van der Waals surface area contributed by atoms with E-state index in [4.69, 9.17) is 23.2 Å². The zero-order valence-corrected chi connectivity index (χ0v) is 11.7. The van der Waals surface area contributed by atoms with Crippen molar-refractivity contribution in [2.45, 2.75) is 6.42 Å². The second-order valence-electron chi connectivity index (χ2n) is 4.10. The number of anilines is 1. The highest BCUT2D eigenvalue weighted by Gasteiger charge is 2.11. The van der Waals surface area contributed by atoms with E-state index in [1.165, 1.54) is 24.3 Å². The average Bonchev–Trinajstić information content (AvgIpc) is 2.38. The first-order valence-corrected chi connectivity index (χ1v) is 6.44. The molecule has 0 bridgehead atoms. The molecule has 0 saturated heterocycles. The summed E-state index contributed by atoms with van der Waals surface area (Å²) in [7, 11) is 0. The molecule has 20 heavy (non-hydrogen) atoms. The van der Waals surface area contributed by atoms with Gasteiger partial charge in [-0.1, -0.05) is 41.4 Å². The lowest BCUT2D eigenvalue weighted by Crippen LogP contribution is -2.15. The van der Waals surface area contributed by atoms with Gasteiger partial charge in [0.05, 0.1) is 16.5 Å². The molecule has 3 nitrogen and oxygen atoms in total. The summed E-state index contributed by atoms with van der Waals surface area (Å²) in [5.41, 5.74) is 0.625. The first-order chi connectivity index (χ1) is 9.47. The van der Waals surface area contributed by atoms with Gasteiger partial charge in [0, 0.05) is 5.69 Å². The number of halogens is 3. The summed E-state index contributed by atoms with van der Waals surface area (Å²) in [4.78, 5) is 11.8. The Morgan fingerprint density at radius 2 is 1.80 bits per heavy atom. The summed E-state index contributed by atoms with van der Waals surface area (Å²) >= 11 is 11.5. The lowest BCUT2D eigenvalue weighted by Gasteiger charge is -2.08. The molecule has 0 fully saturated rings. The fourth-order valence-corrected chi connectivity index (χ4v) is 2.14. The summed E-state index contributed by atoms with van der Waals surface area (Å²) in [5, 5.41) is 12.0. The first kappa shape index (κ1) is 14.6. The van der Waals surface area contributed by atoms with Crippen LogP contribution >= 0.6 is 23.2 Å². The largest absolute Gasteiger partial charge is 0.505 e. The van der Waals surface area contributed by atoms with Gasteiger partial charge in [-0.3, -0.25) is 4.79 Å². The van der Waals surface area contributed by atoms with Crippen LogP contribution in [-0.2, 0) is 11.2 Å². The number of hydrogen-bond acceptors (Lipinski definition) is 2. The summed E-state index contributed by atoms with van der Waals surface area (Å²) < 4.78 is 13.4. The molecule has 2 aromatic rings. The summed E-state index contributed by atoms with van der Waals surface area (Å²) in [6.45, 7) is 0. The van der Waals surface area contributed by atoms with E-state index in [9.17, 15) is 14.3 Å². The Labute approximate surface area is 124 Å². The minimum Gasteiger partial charge on any atom is -0.505 e. The number of phenols is 1. The van der Waals surface area contributed by atoms with Crippen molar-refractivity contribution in [2.75, 3.05) is 5.32 Å². The van der Waals surface area contributed by atoms with Crippen molar-refractivity contribution >= 4 is 34.8 Å². The smallest absolute Gasteiger partial charge is 0.228 e. The predicted octanol–water partition coefficient (Wildman–Crippen LogP) is 4.02. The van der Waals surface area contributed by atoms with E-state index in [0.717, 1.165) is 0 Å². The van der Waals surface area contributed by atoms with Gasteiger partial charge in [-0.15, -0.1) is 0 Å². The highest BCUT2D eigenvalue weighted by molar-refractivity contribution is 6.37. The van der Waals surface area contributed by atoms with E-state index < -0.39 is 11.7 Å². The van der Waals surface area contributed by atoms with Crippen LogP contribution in [0.2, 0.25) is 10.0 Å². The highest BCUT2D eigenvalue weighted by atomic mass is 35.5. The minimum absolute atomic E-state index is 0.0266. The van der Waals surface area contributed by atoms with Gasteiger partial charge >= 0.3 is 0 Å². The molecule has 0 spiro atoms. The topological polar surface area (TPSA) is 49.3 Å². The Hall–Kier alpha value is -1.78. The third kappa shape index (κ3) is 3.40. The fourth-order valence-electron chi connectivity index (χ4n) is 1.66. The number of nitrogens with one attached hydrogen (secondary N) is 1. The Morgan fingerprint density at radius 3 is 2.40 bits per heavy atom. The Morgan fingerprint density at radius 1 is 1.20 bits per heavy atom. The van der Waals surface area contributed by atoms with Gasteiger partial charge in [0.1, 0.15) is 5.82 Å². The molecule has 0 aliphatic heterocycles. The van der Waals surface area contributed by atoms with Crippen molar-refractivity contribution in [3.63, 3.8) is 0 Å². The molecule has 2 aromatic carbocycles. The zero-order chi connectivity index (χ0) is 14.7. The van der Waals surface area contributed by atoms with Crippen LogP contribution in [0.15, 0.2) is 36.4 Å². The van der Waals surface area contributed by atoms with Crippen molar-refractivity contribution in [3.05, 3.63) is 57.8 Å². The Kier molecular flexibility index (Phi) is 4.47. The third-order valence-corrected chi connectivity index (χ3v) is 3.19. The van der Waals surface area contributed by atoms with E-state index in [2.05, 4.69) is 5.32 Å². The zero-order valence-electron chi connectivity index (χ0n) is 10.2. The molecule has 0 unspecified atom stereocenters. The van der Waals surface area contributed by atoms with Gasteiger partial charge in [-0.25, -0.2) is 4.39 Å². The number of hydrogen-bond donors (Lipinski definition) is 2. The SMILES string of the molecule is O=C(Cc1ccccc1F)Nc1cc(Cl)c(O)c(Cl)c1. The Bertz CT molecular complexity index is 638. The summed E-state index contributed by atoms with van der Waals surface area (Å²) in [6.07, 6.45) is -0.108. The molecule has 0 aliphatic carbocycles. The lowest BCUT2D eigenvalue weighted by atomic mass is 10.1. The van der Waals surface area contributed by atoms with Crippen LogP contribution in [0, 0.1) is 5.82 Å². The number of benzene rings is 2. The van der Waals surface area contributed by atoms with E-state index >= 15 is 0 Å². The van der Waals surface area contributed by atoms with E-state index in [0.29, 0.717) is 11.3 Å². The van der Waals surface area contributed by atoms with Crippen LogP contribution in [-0.4, -0.2) is 11.0 Å². The van der Waals surface area contributed by atoms with Crippen LogP contribution in [0.4, 0.5) is 10.1 Å². The molecule has 0 aliphatic rings. The molecule has 2 N–H and O–H groups in total. The molecule has 2 rings (SSSR count). The van der Waals surface area contributed by atoms with Crippen molar-refractivity contribution < 1.29 is 14.3 Å². The van der Waals surface area contributed by atoms with E-state index in [1.807, 2.05) is 0 Å². The summed E-state index contributed by atoms with van der Waals surface area (Å²) in [5.74, 6) is -1.10. The number of rotatable bonds is 3. The Balaban J connectivity index is 2.11. The maximum Gasteiger partial charge on any atom is 0.228 e. The first-order valence-electron chi connectivity index (χ1n) is 5.68. The van der Waals surface area contributed by atoms with Gasteiger partial charge in [0.25, 0.3) is 0 Å². The van der Waals surface area contributed by atoms with Gasteiger partial charge in [0.2, 0.25) is 5.91 Å². The highest BCUT2D eigenvalue weighted by Crippen LogP contribution is 2.34. The van der Waals surface area contributed by atoms with E-state index in [1.54, 1.807) is 12.1 Å². The number of amides is 1. The molecule has 0 radical (unpaired) electrons. The second-order valence-corrected chi connectivity index (χ2v) is 4.92. The van der Waals surface area contributed by atoms with Crippen LogP contribution in [0.3, 0.4) is 0 Å². The van der Waals surface area contributed by atoms with Crippen LogP contribution < -0.4 is 5.32 Å². The summed E-state index contributed by atoms with van der Waals surface area (Å²) in [6, 6.07) is 8.75. The third-order valence-electron chi connectivity index (χ3n) is 2.61.